The van der Waals surface area contributed by atoms with Gasteiger partial charge in [-0.1, -0.05) is 6.92 Å². The maximum atomic E-state index is 11.1. The van der Waals surface area contributed by atoms with E-state index in [0.717, 1.165) is 18.5 Å². The van der Waals surface area contributed by atoms with Crippen LogP contribution >= 0.6 is 0 Å². The molecule has 0 aliphatic rings. The Labute approximate surface area is 144 Å². The van der Waals surface area contributed by atoms with Gasteiger partial charge in [-0.05, 0) is 24.6 Å². The fraction of sp³-hybridized carbons (Fsp3) is 0.235. The van der Waals surface area contributed by atoms with E-state index in [9.17, 15) is 4.79 Å². The van der Waals surface area contributed by atoms with Crippen LogP contribution in [0.4, 0.5) is 5.95 Å². The largest absolute Gasteiger partial charge is 0.478 e. The third-order valence-electron chi connectivity index (χ3n) is 3.51. The fourth-order valence-corrected chi connectivity index (χ4v) is 2.32. The summed E-state index contributed by atoms with van der Waals surface area (Å²) >= 11 is 0. The molecule has 2 N–H and O–H groups in total. The lowest BCUT2D eigenvalue weighted by atomic mass is 10.2. The van der Waals surface area contributed by atoms with Crippen molar-refractivity contribution in [2.75, 3.05) is 5.32 Å². The third-order valence-corrected chi connectivity index (χ3v) is 3.51. The van der Waals surface area contributed by atoms with Gasteiger partial charge in [0.1, 0.15) is 0 Å². The SMILES string of the molecule is CCCn1cc(CNc2nccc(-c3cc(C(=O)O)ccn3)n2)cn1. The van der Waals surface area contributed by atoms with Gasteiger partial charge in [-0.2, -0.15) is 5.10 Å². The van der Waals surface area contributed by atoms with Gasteiger partial charge in [0.05, 0.1) is 23.1 Å². The van der Waals surface area contributed by atoms with E-state index in [1.165, 1.54) is 18.3 Å². The molecule has 8 nitrogen and oxygen atoms in total. The first-order valence-electron chi connectivity index (χ1n) is 7.93. The van der Waals surface area contributed by atoms with Gasteiger partial charge in [-0.25, -0.2) is 14.8 Å². The van der Waals surface area contributed by atoms with E-state index in [-0.39, 0.29) is 5.56 Å². The van der Waals surface area contributed by atoms with Crippen LogP contribution in [0.2, 0.25) is 0 Å². The lowest BCUT2D eigenvalue weighted by Gasteiger charge is -2.05. The average molecular weight is 338 g/mol. The monoisotopic (exact) mass is 338 g/mol. The van der Waals surface area contributed by atoms with Crippen LogP contribution in [0, 0.1) is 0 Å². The number of aromatic carboxylic acids is 1. The summed E-state index contributed by atoms with van der Waals surface area (Å²) < 4.78 is 1.90. The molecule has 0 saturated heterocycles. The molecule has 0 aliphatic carbocycles. The summed E-state index contributed by atoms with van der Waals surface area (Å²) in [7, 11) is 0. The van der Waals surface area contributed by atoms with E-state index < -0.39 is 5.97 Å². The van der Waals surface area contributed by atoms with E-state index in [4.69, 9.17) is 5.11 Å². The van der Waals surface area contributed by atoms with Crippen LogP contribution in [-0.4, -0.2) is 35.8 Å². The van der Waals surface area contributed by atoms with Gasteiger partial charge in [-0.15, -0.1) is 0 Å². The lowest BCUT2D eigenvalue weighted by molar-refractivity contribution is 0.0697. The van der Waals surface area contributed by atoms with Gasteiger partial charge in [0.15, 0.2) is 0 Å². The summed E-state index contributed by atoms with van der Waals surface area (Å²) in [6.45, 7) is 3.54. The summed E-state index contributed by atoms with van der Waals surface area (Å²) in [5.41, 5.74) is 2.25. The Morgan fingerprint density at radius 1 is 1.24 bits per heavy atom. The molecule has 0 saturated carbocycles. The van der Waals surface area contributed by atoms with Crippen molar-refractivity contribution in [3.8, 4) is 11.4 Å². The lowest BCUT2D eigenvalue weighted by Crippen LogP contribution is -2.04. The van der Waals surface area contributed by atoms with Gasteiger partial charge in [0.2, 0.25) is 5.95 Å². The molecule has 0 aliphatic heterocycles. The normalized spacial score (nSPS) is 10.6. The number of carboxylic acids is 1. The van der Waals surface area contributed by atoms with E-state index in [0.29, 0.717) is 23.9 Å². The Kier molecular flexibility index (Phi) is 4.98. The quantitative estimate of drug-likeness (QED) is 0.681. The number of nitrogens with zero attached hydrogens (tertiary/aromatic N) is 5. The second-order valence-electron chi connectivity index (χ2n) is 5.47. The Morgan fingerprint density at radius 3 is 2.88 bits per heavy atom. The van der Waals surface area contributed by atoms with Gasteiger partial charge in [0.25, 0.3) is 0 Å². The minimum atomic E-state index is -1.000. The van der Waals surface area contributed by atoms with E-state index in [1.54, 1.807) is 12.3 Å². The van der Waals surface area contributed by atoms with Crippen LogP contribution < -0.4 is 5.32 Å². The average Bonchev–Trinajstić information content (AvgIpc) is 3.08. The number of rotatable bonds is 7. The Balaban J connectivity index is 1.72. The number of anilines is 1. The molecule has 0 fully saturated rings. The van der Waals surface area contributed by atoms with Gasteiger partial charge in [0, 0.05) is 37.2 Å². The number of aromatic nitrogens is 5. The second-order valence-corrected chi connectivity index (χ2v) is 5.47. The molecule has 8 heteroatoms. The van der Waals surface area contributed by atoms with Crippen LogP contribution in [0.15, 0.2) is 43.0 Å². The standard InChI is InChI=1S/C17H18N6O2/c1-2-7-23-11-12(10-21-23)9-20-17-19-6-4-14(22-17)15-8-13(16(24)25)3-5-18-15/h3-6,8,10-11H,2,7,9H2,1H3,(H,24,25)(H,19,20,22). The van der Waals surface area contributed by atoms with Crippen molar-refractivity contribution in [3.63, 3.8) is 0 Å². The number of carboxylic acid groups (broad SMARTS) is 1. The van der Waals surface area contributed by atoms with Crippen molar-refractivity contribution in [3.05, 3.63) is 54.1 Å². The zero-order chi connectivity index (χ0) is 17.6. The first-order valence-corrected chi connectivity index (χ1v) is 7.93. The van der Waals surface area contributed by atoms with Crippen molar-refractivity contribution in [1.29, 1.82) is 0 Å². The molecule has 3 heterocycles. The number of carbonyl (C=O) groups is 1. The van der Waals surface area contributed by atoms with E-state index in [2.05, 4.69) is 32.3 Å². The maximum Gasteiger partial charge on any atom is 0.335 e. The highest BCUT2D eigenvalue weighted by Crippen LogP contribution is 2.16. The minimum Gasteiger partial charge on any atom is -0.478 e. The summed E-state index contributed by atoms with van der Waals surface area (Å²) in [6.07, 6.45) is 7.89. The zero-order valence-electron chi connectivity index (χ0n) is 13.8. The molecule has 0 spiro atoms. The molecule has 3 aromatic rings. The van der Waals surface area contributed by atoms with Crippen LogP contribution in [0.5, 0.6) is 0 Å². The van der Waals surface area contributed by atoms with Crippen molar-refractivity contribution < 1.29 is 9.90 Å². The summed E-state index contributed by atoms with van der Waals surface area (Å²) in [5.74, 6) is -0.552. The fourth-order valence-electron chi connectivity index (χ4n) is 2.32. The Morgan fingerprint density at radius 2 is 2.08 bits per heavy atom. The van der Waals surface area contributed by atoms with Crippen molar-refractivity contribution >= 4 is 11.9 Å². The van der Waals surface area contributed by atoms with Crippen LogP contribution in [0.25, 0.3) is 11.4 Å². The molecule has 0 atom stereocenters. The summed E-state index contributed by atoms with van der Waals surface area (Å²) in [6, 6.07) is 4.63. The number of aryl methyl sites for hydroxylation is 1. The molecule has 3 rings (SSSR count). The topological polar surface area (TPSA) is 106 Å². The number of hydrogen-bond acceptors (Lipinski definition) is 6. The van der Waals surface area contributed by atoms with Crippen molar-refractivity contribution in [2.24, 2.45) is 0 Å². The molecule has 0 aromatic carbocycles. The summed E-state index contributed by atoms with van der Waals surface area (Å²) in [5, 5.41) is 16.5. The van der Waals surface area contributed by atoms with E-state index >= 15 is 0 Å². The highest BCUT2D eigenvalue weighted by molar-refractivity contribution is 5.88. The minimum absolute atomic E-state index is 0.168. The Bertz CT molecular complexity index is 877. The smallest absolute Gasteiger partial charge is 0.335 e. The van der Waals surface area contributed by atoms with Gasteiger partial charge in [-0.3, -0.25) is 9.67 Å². The molecular formula is C17H18N6O2. The molecule has 0 bridgehead atoms. The van der Waals surface area contributed by atoms with Crippen LogP contribution in [-0.2, 0) is 13.1 Å². The first kappa shape index (κ1) is 16.6. The molecular weight excluding hydrogens is 320 g/mol. The number of hydrogen-bond donors (Lipinski definition) is 2. The maximum absolute atomic E-state index is 11.1. The number of pyridine rings is 1. The third kappa shape index (κ3) is 4.17. The molecule has 25 heavy (non-hydrogen) atoms. The van der Waals surface area contributed by atoms with E-state index in [1.807, 2.05) is 17.1 Å². The van der Waals surface area contributed by atoms with Crippen LogP contribution in [0.1, 0.15) is 29.3 Å². The molecule has 3 aromatic heterocycles. The highest BCUT2D eigenvalue weighted by atomic mass is 16.4. The summed E-state index contributed by atoms with van der Waals surface area (Å²) in [4.78, 5) is 23.8. The first-order chi connectivity index (χ1) is 12.2. The number of nitrogens with one attached hydrogen (secondary N) is 1. The van der Waals surface area contributed by atoms with Crippen molar-refractivity contribution in [1.82, 2.24) is 24.7 Å². The zero-order valence-corrected chi connectivity index (χ0v) is 13.8. The van der Waals surface area contributed by atoms with Gasteiger partial charge >= 0.3 is 5.97 Å². The predicted octanol–water partition coefficient (Wildman–Crippen LogP) is 2.46. The highest BCUT2D eigenvalue weighted by Gasteiger charge is 2.08. The second kappa shape index (κ2) is 7.52. The molecule has 128 valence electrons. The van der Waals surface area contributed by atoms with Crippen molar-refractivity contribution in [2.45, 2.75) is 26.4 Å². The molecule has 0 amide bonds. The van der Waals surface area contributed by atoms with Gasteiger partial charge < -0.3 is 10.4 Å². The molecule has 0 unspecified atom stereocenters. The van der Waals surface area contributed by atoms with Crippen LogP contribution in [0.3, 0.4) is 0 Å². The molecule has 0 radical (unpaired) electrons. The Hall–Kier alpha value is -3.29. The predicted molar refractivity (Wildman–Crippen MR) is 92.1 cm³/mol.